The molecule has 0 bridgehead atoms. The molecule has 8 nitrogen and oxygen atoms in total. The van der Waals surface area contributed by atoms with E-state index in [1.54, 1.807) is 44.2 Å². The molecule has 1 aliphatic heterocycles. The minimum absolute atomic E-state index is 0.157. The van der Waals surface area contributed by atoms with E-state index in [1.165, 1.54) is 9.42 Å². The molecule has 3 heterocycles. The highest BCUT2D eigenvalue weighted by atomic mass is 16.5. The van der Waals surface area contributed by atoms with Crippen molar-refractivity contribution >= 4 is 17.5 Å². The van der Waals surface area contributed by atoms with Gasteiger partial charge in [-0.15, -0.1) is 0 Å². The molecule has 1 aliphatic rings. The molecule has 0 radical (unpaired) electrons. The molecule has 24 heavy (non-hydrogen) atoms. The number of carbonyl (C=O) groups is 2. The van der Waals surface area contributed by atoms with E-state index in [4.69, 9.17) is 4.74 Å². The van der Waals surface area contributed by atoms with Crippen LogP contribution in [0.4, 0.5) is 0 Å². The Hall–Kier alpha value is -2.48. The molecule has 1 saturated heterocycles. The van der Waals surface area contributed by atoms with Crippen molar-refractivity contribution in [2.45, 2.75) is 19.4 Å². The number of rotatable bonds is 2. The molecule has 1 fully saturated rings. The Morgan fingerprint density at radius 2 is 2.12 bits per heavy atom. The van der Waals surface area contributed by atoms with Crippen molar-refractivity contribution < 1.29 is 14.3 Å². The second kappa shape index (κ2) is 5.86. The van der Waals surface area contributed by atoms with Crippen LogP contribution >= 0.6 is 0 Å². The Morgan fingerprint density at radius 1 is 1.38 bits per heavy atom. The van der Waals surface area contributed by atoms with Crippen LogP contribution < -0.4 is 0 Å². The zero-order valence-corrected chi connectivity index (χ0v) is 14.3. The average Bonchev–Trinajstić information content (AvgIpc) is 3.00. The van der Waals surface area contributed by atoms with E-state index in [0.29, 0.717) is 24.5 Å². The lowest BCUT2D eigenvalue weighted by atomic mass is 10.0. The molecule has 8 heteroatoms. The van der Waals surface area contributed by atoms with Gasteiger partial charge in [0.25, 0.3) is 11.8 Å². The minimum Gasteiger partial charge on any atom is -0.362 e. The Labute approximate surface area is 140 Å². The van der Waals surface area contributed by atoms with Gasteiger partial charge in [-0.05, 0) is 19.9 Å². The number of aromatic nitrogens is 3. The first kappa shape index (κ1) is 16.4. The Morgan fingerprint density at radius 3 is 2.83 bits per heavy atom. The first-order valence-corrected chi connectivity index (χ1v) is 7.78. The maximum absolute atomic E-state index is 13.0. The van der Waals surface area contributed by atoms with Gasteiger partial charge in [0.2, 0.25) is 0 Å². The normalized spacial score (nSPS) is 21.1. The van der Waals surface area contributed by atoms with Gasteiger partial charge in [-0.1, -0.05) is 0 Å². The molecule has 0 saturated carbocycles. The molecule has 0 unspecified atom stereocenters. The Balaban J connectivity index is 1.92. The quantitative estimate of drug-likeness (QED) is 0.794. The number of carbonyl (C=O) groups excluding carboxylic acids is 2. The molecule has 0 N–H and O–H groups in total. The number of morpholine rings is 1. The summed E-state index contributed by atoms with van der Waals surface area (Å²) in [7, 11) is 3.36. The smallest absolute Gasteiger partial charge is 0.272 e. The van der Waals surface area contributed by atoms with Gasteiger partial charge in [0.05, 0.1) is 19.3 Å². The van der Waals surface area contributed by atoms with Crippen molar-refractivity contribution in [1.29, 1.82) is 0 Å². The van der Waals surface area contributed by atoms with Gasteiger partial charge in [0.15, 0.2) is 11.2 Å². The third-order valence-corrected chi connectivity index (χ3v) is 4.13. The lowest BCUT2D eigenvalue weighted by Gasteiger charge is -2.40. The van der Waals surface area contributed by atoms with Gasteiger partial charge in [-0.2, -0.15) is 5.10 Å². The van der Waals surface area contributed by atoms with Gasteiger partial charge in [-0.25, -0.2) is 9.50 Å². The van der Waals surface area contributed by atoms with E-state index < -0.39 is 5.60 Å². The van der Waals surface area contributed by atoms with Crippen LogP contribution in [0.3, 0.4) is 0 Å². The summed E-state index contributed by atoms with van der Waals surface area (Å²) in [6.07, 6.45) is 1.61. The van der Waals surface area contributed by atoms with Crippen LogP contribution in [0, 0.1) is 6.92 Å². The third-order valence-electron chi connectivity index (χ3n) is 4.13. The molecule has 2 aromatic heterocycles. The molecule has 2 amide bonds. The summed E-state index contributed by atoms with van der Waals surface area (Å²) in [4.78, 5) is 32.9. The lowest BCUT2D eigenvalue weighted by Crippen LogP contribution is -2.59. The van der Waals surface area contributed by atoms with Crippen LogP contribution in [-0.4, -0.2) is 75.6 Å². The monoisotopic (exact) mass is 331 g/mol. The molecule has 2 aromatic rings. The van der Waals surface area contributed by atoms with Crippen LogP contribution in [0.15, 0.2) is 18.3 Å². The predicted octanol–water partition coefficient (Wildman–Crippen LogP) is 0.357. The van der Waals surface area contributed by atoms with Crippen molar-refractivity contribution in [3.8, 4) is 0 Å². The van der Waals surface area contributed by atoms with Crippen molar-refractivity contribution in [2.75, 3.05) is 33.8 Å². The van der Waals surface area contributed by atoms with Gasteiger partial charge < -0.3 is 14.5 Å². The van der Waals surface area contributed by atoms with Crippen molar-refractivity contribution in [3.63, 3.8) is 0 Å². The number of hydrogen-bond acceptors (Lipinski definition) is 5. The van der Waals surface area contributed by atoms with Crippen LogP contribution in [-0.2, 0) is 9.53 Å². The predicted molar refractivity (Wildman–Crippen MR) is 86.7 cm³/mol. The number of likely N-dealkylation sites (N-methyl/N-ethyl adjacent to an activating group) is 1. The topological polar surface area (TPSA) is 80.0 Å². The Kier molecular flexibility index (Phi) is 4.00. The highest BCUT2D eigenvalue weighted by Crippen LogP contribution is 2.21. The number of amides is 2. The summed E-state index contributed by atoms with van der Waals surface area (Å²) in [6, 6.07) is 3.46. The zero-order chi connectivity index (χ0) is 17.5. The number of ether oxygens (including phenoxy) is 1. The molecular formula is C16H21N5O3. The molecule has 3 rings (SSSR count). The second-order valence-corrected chi connectivity index (χ2v) is 6.39. The summed E-state index contributed by atoms with van der Waals surface area (Å²) < 4.78 is 7.20. The largest absolute Gasteiger partial charge is 0.362 e. The van der Waals surface area contributed by atoms with E-state index in [-0.39, 0.29) is 18.4 Å². The van der Waals surface area contributed by atoms with Gasteiger partial charge >= 0.3 is 0 Å². The summed E-state index contributed by atoms with van der Waals surface area (Å²) >= 11 is 0. The second-order valence-electron chi connectivity index (χ2n) is 6.39. The lowest BCUT2D eigenvalue weighted by molar-refractivity contribution is -0.162. The van der Waals surface area contributed by atoms with E-state index in [2.05, 4.69) is 10.1 Å². The highest BCUT2D eigenvalue weighted by Gasteiger charge is 2.42. The fourth-order valence-corrected chi connectivity index (χ4v) is 3.00. The first-order valence-electron chi connectivity index (χ1n) is 7.78. The maximum atomic E-state index is 13.0. The van der Waals surface area contributed by atoms with Crippen LogP contribution in [0.1, 0.15) is 23.1 Å². The van der Waals surface area contributed by atoms with E-state index in [1.807, 2.05) is 6.92 Å². The molecule has 1 atom stereocenters. The summed E-state index contributed by atoms with van der Waals surface area (Å²) in [5.74, 6) is -0.342. The summed E-state index contributed by atoms with van der Waals surface area (Å²) in [6.45, 7) is 4.50. The minimum atomic E-state index is -1.04. The molecule has 0 spiro atoms. The maximum Gasteiger partial charge on any atom is 0.272 e. The fourth-order valence-electron chi connectivity index (χ4n) is 3.00. The number of nitrogens with zero attached hydrogens (tertiary/aromatic N) is 5. The molecule has 128 valence electrons. The number of aryl methyl sites for hydroxylation is 1. The van der Waals surface area contributed by atoms with Gasteiger partial charge in [-0.3, -0.25) is 9.59 Å². The average molecular weight is 331 g/mol. The first-order chi connectivity index (χ1) is 11.3. The Bertz CT molecular complexity index is 800. The van der Waals surface area contributed by atoms with Crippen molar-refractivity contribution in [1.82, 2.24) is 24.4 Å². The van der Waals surface area contributed by atoms with Crippen LogP contribution in [0.2, 0.25) is 0 Å². The highest BCUT2D eigenvalue weighted by molar-refractivity contribution is 5.94. The molecular weight excluding hydrogens is 310 g/mol. The summed E-state index contributed by atoms with van der Waals surface area (Å²) in [5.41, 5.74) is 0.762. The van der Waals surface area contributed by atoms with E-state index >= 15 is 0 Å². The molecule has 0 aliphatic carbocycles. The van der Waals surface area contributed by atoms with Crippen LogP contribution in [0.25, 0.3) is 5.65 Å². The number of hydrogen-bond donors (Lipinski definition) is 0. The van der Waals surface area contributed by atoms with E-state index in [0.717, 1.165) is 5.69 Å². The molecule has 0 aromatic carbocycles. The van der Waals surface area contributed by atoms with E-state index in [9.17, 15) is 9.59 Å². The third kappa shape index (κ3) is 2.73. The number of fused-ring (bicyclic) bond motifs is 1. The van der Waals surface area contributed by atoms with Crippen LogP contribution in [0.5, 0.6) is 0 Å². The van der Waals surface area contributed by atoms with Gasteiger partial charge in [0, 0.05) is 32.4 Å². The summed E-state index contributed by atoms with van der Waals surface area (Å²) in [5, 5.41) is 4.18. The fraction of sp³-hybridized carbons (Fsp3) is 0.500. The zero-order valence-electron chi connectivity index (χ0n) is 14.3. The standard InChI is InChI=1S/C16H21N5O3/c1-11-9-12(21-13(18-11)5-6-17-21)14(22)20-7-8-24-16(2,10-20)15(23)19(3)4/h5-6,9H,7-8,10H2,1-4H3/t16-/m0/s1. The SMILES string of the molecule is Cc1cc(C(=O)N2CCO[C@](C)(C(=O)N(C)C)C2)n2nccc2n1. The van der Waals surface area contributed by atoms with Crippen molar-refractivity contribution in [3.05, 3.63) is 29.7 Å². The van der Waals surface area contributed by atoms with Crippen molar-refractivity contribution in [2.24, 2.45) is 0 Å². The van der Waals surface area contributed by atoms with Gasteiger partial charge in [0.1, 0.15) is 5.69 Å².